The van der Waals surface area contributed by atoms with E-state index in [4.69, 9.17) is 0 Å². The summed E-state index contributed by atoms with van der Waals surface area (Å²) in [6, 6.07) is 17.4. The quantitative estimate of drug-likeness (QED) is 0.570. The van der Waals surface area contributed by atoms with Gasteiger partial charge in [0.25, 0.3) is 0 Å². The molecule has 5 rings (SSSR count). The molecule has 1 heteroatoms. The summed E-state index contributed by atoms with van der Waals surface area (Å²) in [7, 11) is 0. The van der Waals surface area contributed by atoms with E-state index >= 15 is 0 Å². The molecule has 1 heterocycles. The average Bonchev–Trinajstić information content (AvgIpc) is 3.06. The smallest absolute Gasteiger partial charge is 0.0468 e. The SMILES string of the molecule is C1=CC(C2C=Cc3c([nH]c4cc(-c5ccccc5)ccc34)C2)=CCC1. The highest BCUT2D eigenvalue weighted by molar-refractivity contribution is 5.94. The Labute approximate surface area is 148 Å². The largest absolute Gasteiger partial charge is 0.358 e. The summed E-state index contributed by atoms with van der Waals surface area (Å²) in [4.78, 5) is 3.69. The standard InChI is InChI=1S/C24H21N/c1-3-7-17(8-4-1)19-11-13-21-22-14-12-20(18-9-5-2-6-10-18)16-24(22)25-23(21)15-19/h1,3-5,7-15,20,25H,2,6,16H2. The fourth-order valence-electron chi connectivity index (χ4n) is 4.07. The van der Waals surface area contributed by atoms with Gasteiger partial charge in [0.05, 0.1) is 0 Å². The van der Waals surface area contributed by atoms with E-state index in [9.17, 15) is 0 Å². The Morgan fingerprint density at radius 3 is 2.64 bits per heavy atom. The van der Waals surface area contributed by atoms with Crippen LogP contribution in [0.2, 0.25) is 0 Å². The van der Waals surface area contributed by atoms with Crippen LogP contribution in [0, 0.1) is 5.92 Å². The van der Waals surface area contributed by atoms with Crippen LogP contribution in [-0.4, -0.2) is 4.98 Å². The van der Waals surface area contributed by atoms with Crippen LogP contribution in [0.25, 0.3) is 28.1 Å². The molecule has 1 aromatic heterocycles. The molecule has 0 fully saturated rings. The van der Waals surface area contributed by atoms with Gasteiger partial charge in [-0.2, -0.15) is 0 Å². The summed E-state index contributed by atoms with van der Waals surface area (Å²) in [5.41, 5.74) is 7.98. The molecular weight excluding hydrogens is 302 g/mol. The lowest BCUT2D eigenvalue weighted by molar-refractivity contribution is 0.738. The number of rotatable bonds is 2. The first kappa shape index (κ1) is 14.5. The van der Waals surface area contributed by atoms with Crippen molar-refractivity contribution in [2.24, 2.45) is 5.92 Å². The van der Waals surface area contributed by atoms with Crippen molar-refractivity contribution in [1.82, 2.24) is 4.98 Å². The lowest BCUT2D eigenvalue weighted by Crippen LogP contribution is -2.09. The molecule has 2 aliphatic carbocycles. The molecule has 3 aromatic rings. The van der Waals surface area contributed by atoms with E-state index in [2.05, 4.69) is 83.9 Å². The van der Waals surface area contributed by atoms with Crippen molar-refractivity contribution >= 4 is 17.0 Å². The number of H-pyrrole nitrogens is 1. The van der Waals surface area contributed by atoms with Gasteiger partial charge >= 0.3 is 0 Å². The molecular formula is C24H21N. The topological polar surface area (TPSA) is 15.8 Å². The Morgan fingerprint density at radius 1 is 0.880 bits per heavy atom. The lowest BCUT2D eigenvalue weighted by Gasteiger charge is -2.20. The maximum atomic E-state index is 3.69. The van der Waals surface area contributed by atoms with E-state index in [1.165, 1.54) is 51.7 Å². The molecule has 0 amide bonds. The lowest BCUT2D eigenvalue weighted by atomic mass is 9.85. The molecule has 1 nitrogen and oxygen atoms in total. The molecule has 0 spiro atoms. The minimum absolute atomic E-state index is 0.505. The van der Waals surface area contributed by atoms with Gasteiger partial charge in [-0.05, 0) is 42.0 Å². The normalized spacial score (nSPS) is 19.0. The number of fused-ring (bicyclic) bond motifs is 3. The van der Waals surface area contributed by atoms with Crippen LogP contribution in [0.4, 0.5) is 0 Å². The molecule has 0 saturated heterocycles. The van der Waals surface area contributed by atoms with Crippen molar-refractivity contribution in [1.29, 1.82) is 0 Å². The van der Waals surface area contributed by atoms with Crippen molar-refractivity contribution in [2.45, 2.75) is 19.3 Å². The van der Waals surface area contributed by atoms with Crippen molar-refractivity contribution in [3.8, 4) is 11.1 Å². The zero-order chi connectivity index (χ0) is 16.6. The third-order valence-corrected chi connectivity index (χ3v) is 5.40. The number of aromatic nitrogens is 1. The number of nitrogens with one attached hydrogen (secondary N) is 1. The predicted octanol–water partition coefficient (Wildman–Crippen LogP) is 6.30. The van der Waals surface area contributed by atoms with Crippen molar-refractivity contribution in [3.05, 3.63) is 89.7 Å². The Bertz CT molecular complexity index is 1010. The first-order valence-corrected chi connectivity index (χ1v) is 9.13. The fraction of sp³-hybridized carbons (Fsp3) is 0.167. The third-order valence-electron chi connectivity index (χ3n) is 5.40. The van der Waals surface area contributed by atoms with Gasteiger partial charge in [0.1, 0.15) is 0 Å². The average molecular weight is 323 g/mol. The molecule has 0 radical (unpaired) electrons. The Kier molecular flexibility index (Phi) is 3.45. The maximum absolute atomic E-state index is 3.69. The summed E-state index contributed by atoms with van der Waals surface area (Å²) in [6.45, 7) is 0. The first-order valence-electron chi connectivity index (χ1n) is 9.13. The summed E-state index contributed by atoms with van der Waals surface area (Å²) < 4.78 is 0. The molecule has 0 aliphatic heterocycles. The van der Waals surface area contributed by atoms with Gasteiger partial charge in [-0.3, -0.25) is 0 Å². The Hall–Kier alpha value is -2.80. The molecule has 1 N–H and O–H groups in total. The molecule has 1 atom stereocenters. The van der Waals surface area contributed by atoms with Crippen molar-refractivity contribution in [2.75, 3.05) is 0 Å². The molecule has 0 bridgehead atoms. The van der Waals surface area contributed by atoms with E-state index in [-0.39, 0.29) is 0 Å². The summed E-state index contributed by atoms with van der Waals surface area (Å²) in [5, 5.41) is 1.33. The minimum atomic E-state index is 0.505. The summed E-state index contributed by atoms with van der Waals surface area (Å²) in [5.74, 6) is 0.505. The Balaban J connectivity index is 1.53. The molecule has 0 saturated carbocycles. The number of benzene rings is 2. The predicted molar refractivity (Wildman–Crippen MR) is 106 cm³/mol. The summed E-state index contributed by atoms with van der Waals surface area (Å²) in [6.07, 6.45) is 15.1. The third kappa shape index (κ3) is 2.56. The second kappa shape index (κ2) is 5.93. The minimum Gasteiger partial charge on any atom is -0.358 e. The van der Waals surface area contributed by atoms with E-state index in [0.29, 0.717) is 5.92 Å². The van der Waals surface area contributed by atoms with Crippen LogP contribution >= 0.6 is 0 Å². The van der Waals surface area contributed by atoms with Gasteiger partial charge in [-0.15, -0.1) is 0 Å². The molecule has 2 aromatic carbocycles. The fourth-order valence-corrected chi connectivity index (χ4v) is 4.07. The zero-order valence-corrected chi connectivity index (χ0v) is 14.2. The molecule has 1 unspecified atom stereocenters. The van der Waals surface area contributed by atoms with E-state index < -0.39 is 0 Å². The van der Waals surface area contributed by atoms with Crippen molar-refractivity contribution < 1.29 is 0 Å². The number of aromatic amines is 1. The van der Waals surface area contributed by atoms with Crippen LogP contribution in [0.3, 0.4) is 0 Å². The van der Waals surface area contributed by atoms with Gasteiger partial charge in [-0.25, -0.2) is 0 Å². The molecule has 25 heavy (non-hydrogen) atoms. The van der Waals surface area contributed by atoms with Gasteiger partial charge in [0.15, 0.2) is 0 Å². The van der Waals surface area contributed by atoms with Gasteiger partial charge in [0.2, 0.25) is 0 Å². The van der Waals surface area contributed by atoms with E-state index in [1.54, 1.807) is 0 Å². The van der Waals surface area contributed by atoms with Crippen LogP contribution in [-0.2, 0) is 6.42 Å². The van der Waals surface area contributed by atoms with Gasteiger partial charge in [0, 0.05) is 28.1 Å². The monoisotopic (exact) mass is 323 g/mol. The second-order valence-corrected chi connectivity index (χ2v) is 7.00. The van der Waals surface area contributed by atoms with Crippen LogP contribution in [0.1, 0.15) is 24.1 Å². The zero-order valence-electron chi connectivity index (χ0n) is 14.2. The number of hydrogen-bond acceptors (Lipinski definition) is 0. The van der Waals surface area contributed by atoms with Crippen molar-refractivity contribution in [3.63, 3.8) is 0 Å². The number of hydrogen-bond donors (Lipinski definition) is 1. The van der Waals surface area contributed by atoms with E-state index in [1.807, 2.05) is 0 Å². The van der Waals surface area contributed by atoms with E-state index in [0.717, 1.165) is 6.42 Å². The molecule has 122 valence electrons. The highest BCUT2D eigenvalue weighted by Gasteiger charge is 2.20. The first-order chi connectivity index (χ1) is 12.4. The second-order valence-electron chi connectivity index (χ2n) is 7.00. The number of allylic oxidation sites excluding steroid dienone is 5. The maximum Gasteiger partial charge on any atom is 0.0468 e. The van der Waals surface area contributed by atoms with Gasteiger partial charge < -0.3 is 4.98 Å². The van der Waals surface area contributed by atoms with Crippen LogP contribution in [0.15, 0.2) is 78.4 Å². The molecule has 2 aliphatic rings. The van der Waals surface area contributed by atoms with Gasteiger partial charge in [-0.1, -0.05) is 72.8 Å². The highest BCUT2D eigenvalue weighted by atomic mass is 14.7. The highest BCUT2D eigenvalue weighted by Crippen LogP contribution is 2.35. The summed E-state index contributed by atoms with van der Waals surface area (Å²) >= 11 is 0. The van der Waals surface area contributed by atoms with Crippen LogP contribution in [0.5, 0.6) is 0 Å². The Morgan fingerprint density at radius 2 is 1.80 bits per heavy atom. The van der Waals surface area contributed by atoms with Crippen LogP contribution < -0.4 is 0 Å².